The van der Waals surface area contributed by atoms with Gasteiger partial charge >= 0.3 is 0 Å². The van der Waals surface area contributed by atoms with E-state index in [2.05, 4.69) is 26.5 Å². The van der Waals surface area contributed by atoms with Gasteiger partial charge in [0.1, 0.15) is 0 Å². The van der Waals surface area contributed by atoms with Gasteiger partial charge in [0.05, 0.1) is 22.7 Å². The van der Waals surface area contributed by atoms with Crippen molar-refractivity contribution in [3.05, 3.63) is 62.1 Å². The monoisotopic (exact) mass is 450 g/mol. The lowest BCUT2D eigenvalue weighted by atomic mass is 10.2. The zero-order valence-electron chi connectivity index (χ0n) is 14.5. The first-order chi connectivity index (χ1) is 13.3. The number of benzene rings is 2. The summed E-state index contributed by atoms with van der Waals surface area (Å²) < 4.78 is 11.0. The maximum Gasteiger partial charge on any atom is 0.271 e. The number of nitrogens with two attached hydrogens (primary N) is 1. The minimum absolute atomic E-state index is 0.115. The zero-order valence-corrected chi connectivity index (χ0v) is 16.1. The minimum Gasteiger partial charge on any atom is -0.493 e. The van der Waals surface area contributed by atoms with Crippen molar-refractivity contribution in [3.63, 3.8) is 0 Å². The van der Waals surface area contributed by atoms with Gasteiger partial charge in [-0.15, -0.1) is 0 Å². The fraction of sp³-hybridized carbons (Fsp3) is 0.118. The van der Waals surface area contributed by atoms with Gasteiger partial charge in [0.15, 0.2) is 18.1 Å². The third-order valence-electron chi connectivity index (χ3n) is 3.33. The molecule has 11 heteroatoms. The van der Waals surface area contributed by atoms with Crippen LogP contribution < -0.4 is 20.6 Å². The molecular weight excluding hydrogens is 436 g/mol. The average molecular weight is 451 g/mol. The molecular formula is C17H15BrN4O6. The standard InChI is InChI=1S/C17H15BrN4O6/c1-27-14-7-10(6-13(18)16(14)28-9-15(19)23)8-20-21-17(24)11-2-4-12(5-3-11)22(25)26/h2-8H,9H2,1H3,(H2,19,23)(H,21,24)/b20-8+. The summed E-state index contributed by atoms with van der Waals surface area (Å²) in [6.45, 7) is -0.312. The Morgan fingerprint density at radius 2 is 2.00 bits per heavy atom. The van der Waals surface area contributed by atoms with Crippen LogP contribution >= 0.6 is 15.9 Å². The Bertz CT molecular complexity index is 930. The topological polar surface area (TPSA) is 146 Å². The first kappa shape index (κ1) is 20.8. The zero-order chi connectivity index (χ0) is 20.7. The van der Waals surface area contributed by atoms with Crippen molar-refractivity contribution in [3.8, 4) is 11.5 Å². The number of nitrogens with one attached hydrogen (secondary N) is 1. The number of halogens is 1. The van der Waals surface area contributed by atoms with E-state index in [1.54, 1.807) is 12.1 Å². The number of nitrogens with zero attached hydrogens (tertiary/aromatic N) is 2. The van der Waals surface area contributed by atoms with Crippen molar-refractivity contribution in [2.45, 2.75) is 0 Å². The van der Waals surface area contributed by atoms with Crippen LogP contribution in [0.4, 0.5) is 5.69 Å². The van der Waals surface area contributed by atoms with Crippen molar-refractivity contribution >= 4 is 39.6 Å². The molecule has 2 rings (SSSR count). The fourth-order valence-electron chi connectivity index (χ4n) is 2.06. The van der Waals surface area contributed by atoms with Crippen LogP contribution in [0.25, 0.3) is 0 Å². The van der Waals surface area contributed by atoms with Crippen molar-refractivity contribution in [1.29, 1.82) is 0 Å². The predicted molar refractivity (Wildman–Crippen MR) is 104 cm³/mol. The molecule has 0 atom stereocenters. The third kappa shape index (κ3) is 5.51. The number of hydrogen-bond acceptors (Lipinski definition) is 7. The van der Waals surface area contributed by atoms with E-state index in [9.17, 15) is 19.7 Å². The SMILES string of the molecule is COc1cc(/C=N/NC(=O)c2ccc([N+](=O)[O-])cc2)cc(Br)c1OCC(N)=O. The minimum atomic E-state index is -0.631. The van der Waals surface area contributed by atoms with E-state index in [1.807, 2.05) is 0 Å². The molecule has 0 aromatic heterocycles. The van der Waals surface area contributed by atoms with E-state index in [4.69, 9.17) is 15.2 Å². The highest BCUT2D eigenvalue weighted by Crippen LogP contribution is 2.36. The van der Waals surface area contributed by atoms with Crippen LogP contribution in [0.3, 0.4) is 0 Å². The lowest BCUT2D eigenvalue weighted by Crippen LogP contribution is -2.20. The summed E-state index contributed by atoms with van der Waals surface area (Å²) in [4.78, 5) is 33.0. The second-order valence-electron chi connectivity index (χ2n) is 5.29. The Morgan fingerprint density at radius 1 is 1.32 bits per heavy atom. The molecule has 0 radical (unpaired) electrons. The summed E-state index contributed by atoms with van der Waals surface area (Å²) in [5, 5.41) is 14.5. The molecule has 3 N–H and O–H groups in total. The number of rotatable bonds is 8. The van der Waals surface area contributed by atoms with Crippen LogP contribution in [0.1, 0.15) is 15.9 Å². The number of carbonyl (C=O) groups excluding carboxylic acids is 2. The van der Waals surface area contributed by atoms with Crippen LogP contribution in [-0.2, 0) is 4.79 Å². The van der Waals surface area contributed by atoms with E-state index in [1.165, 1.54) is 37.6 Å². The molecule has 2 amide bonds. The van der Waals surface area contributed by atoms with Crippen molar-refractivity contribution in [2.75, 3.05) is 13.7 Å². The molecule has 146 valence electrons. The molecule has 0 spiro atoms. The first-order valence-corrected chi connectivity index (χ1v) is 8.47. The van der Waals surface area contributed by atoms with E-state index >= 15 is 0 Å². The smallest absolute Gasteiger partial charge is 0.271 e. The predicted octanol–water partition coefficient (Wildman–Crippen LogP) is 1.99. The highest BCUT2D eigenvalue weighted by molar-refractivity contribution is 9.10. The highest BCUT2D eigenvalue weighted by atomic mass is 79.9. The molecule has 0 saturated carbocycles. The summed E-state index contributed by atoms with van der Waals surface area (Å²) in [5.74, 6) is -0.528. The molecule has 2 aromatic rings. The quantitative estimate of drug-likeness (QED) is 0.357. The van der Waals surface area contributed by atoms with Crippen LogP contribution in [0.15, 0.2) is 46.0 Å². The van der Waals surface area contributed by atoms with Gasteiger partial charge in [0.2, 0.25) is 0 Å². The van der Waals surface area contributed by atoms with E-state index in [0.29, 0.717) is 21.5 Å². The van der Waals surface area contributed by atoms with Crippen LogP contribution in [0.5, 0.6) is 11.5 Å². The van der Waals surface area contributed by atoms with Crippen LogP contribution in [0, 0.1) is 10.1 Å². The normalized spacial score (nSPS) is 10.5. The third-order valence-corrected chi connectivity index (χ3v) is 3.92. The average Bonchev–Trinajstić information content (AvgIpc) is 2.66. The van der Waals surface area contributed by atoms with E-state index < -0.39 is 16.7 Å². The largest absolute Gasteiger partial charge is 0.493 e. The maximum absolute atomic E-state index is 12.0. The maximum atomic E-state index is 12.0. The number of methoxy groups -OCH3 is 1. The van der Waals surface area contributed by atoms with Gasteiger partial charge in [-0.25, -0.2) is 5.43 Å². The molecule has 0 aliphatic heterocycles. The summed E-state index contributed by atoms with van der Waals surface area (Å²) in [6, 6.07) is 8.33. The van der Waals surface area contributed by atoms with Gasteiger partial charge in [-0.1, -0.05) is 0 Å². The fourth-order valence-corrected chi connectivity index (χ4v) is 2.64. The number of nitro groups is 1. The van der Waals surface area contributed by atoms with Gasteiger partial charge < -0.3 is 15.2 Å². The summed E-state index contributed by atoms with van der Waals surface area (Å²) in [6.07, 6.45) is 1.37. The second kappa shape index (κ2) is 9.46. The molecule has 28 heavy (non-hydrogen) atoms. The molecule has 0 aliphatic rings. The summed E-state index contributed by atoms with van der Waals surface area (Å²) in [5.41, 5.74) is 8.05. The number of carbonyl (C=O) groups is 2. The van der Waals surface area contributed by atoms with E-state index in [-0.39, 0.29) is 17.9 Å². The molecule has 2 aromatic carbocycles. The number of hydrazone groups is 1. The second-order valence-corrected chi connectivity index (χ2v) is 6.15. The Labute approximate surface area is 167 Å². The molecule has 0 bridgehead atoms. The van der Waals surface area contributed by atoms with Crippen molar-refractivity contribution < 1.29 is 24.0 Å². The molecule has 0 heterocycles. The van der Waals surface area contributed by atoms with Crippen LogP contribution in [-0.4, -0.2) is 36.7 Å². The highest BCUT2D eigenvalue weighted by Gasteiger charge is 2.12. The Kier molecular flexibility index (Phi) is 7.04. The summed E-state index contributed by atoms with van der Waals surface area (Å²) in [7, 11) is 1.43. The van der Waals surface area contributed by atoms with Crippen LogP contribution in [0.2, 0.25) is 0 Å². The molecule has 0 fully saturated rings. The van der Waals surface area contributed by atoms with Gasteiger partial charge in [0.25, 0.3) is 17.5 Å². The number of non-ortho nitro benzene ring substituents is 1. The molecule has 0 aliphatic carbocycles. The van der Waals surface area contributed by atoms with Gasteiger partial charge in [-0.3, -0.25) is 19.7 Å². The van der Waals surface area contributed by atoms with E-state index in [0.717, 1.165) is 0 Å². The lowest BCUT2D eigenvalue weighted by Gasteiger charge is -2.12. The van der Waals surface area contributed by atoms with Crippen molar-refractivity contribution in [1.82, 2.24) is 5.43 Å². The Morgan fingerprint density at radius 3 is 2.57 bits per heavy atom. The number of ether oxygens (including phenoxy) is 2. The number of primary amides is 1. The summed E-state index contributed by atoms with van der Waals surface area (Å²) >= 11 is 3.30. The molecule has 10 nitrogen and oxygen atoms in total. The lowest BCUT2D eigenvalue weighted by molar-refractivity contribution is -0.384. The Balaban J connectivity index is 2.08. The van der Waals surface area contributed by atoms with Gasteiger partial charge in [0, 0.05) is 17.7 Å². The number of amides is 2. The number of nitro benzene ring substituents is 1. The number of hydrogen-bond donors (Lipinski definition) is 2. The molecule has 0 unspecified atom stereocenters. The molecule has 0 saturated heterocycles. The van der Waals surface area contributed by atoms with Crippen molar-refractivity contribution in [2.24, 2.45) is 10.8 Å². The van der Waals surface area contributed by atoms with Gasteiger partial charge in [-0.05, 0) is 45.8 Å². The van der Waals surface area contributed by atoms with Gasteiger partial charge in [-0.2, -0.15) is 5.10 Å². The Hall–Kier alpha value is -3.47. The first-order valence-electron chi connectivity index (χ1n) is 7.68.